The minimum absolute atomic E-state index is 0.110. The number of aromatic hydroxyl groups is 1. The van der Waals surface area contributed by atoms with Gasteiger partial charge in [0.25, 0.3) is 0 Å². The molecule has 90 valence electrons. The molecule has 1 aromatic rings. The predicted octanol–water partition coefficient (Wildman–Crippen LogP) is 2.98. The molecule has 0 aliphatic heterocycles. The molecule has 0 radical (unpaired) electrons. The van der Waals surface area contributed by atoms with Gasteiger partial charge in [-0.15, -0.1) is 0 Å². The lowest BCUT2D eigenvalue weighted by molar-refractivity contribution is 0.367. The second-order valence-electron chi connectivity index (χ2n) is 4.00. The number of phenolic OH excluding ortho intramolecular Hbond substituents is 1. The fourth-order valence-electron chi connectivity index (χ4n) is 1.77. The first-order chi connectivity index (χ1) is 7.70. The molecule has 0 fully saturated rings. The zero-order chi connectivity index (χ0) is 12.0. The molecule has 16 heavy (non-hydrogen) atoms. The van der Waals surface area contributed by atoms with Crippen LogP contribution in [0.5, 0.6) is 11.5 Å². The maximum Gasteiger partial charge on any atom is 0.162 e. The number of unbranched alkanes of at least 4 members (excludes halogenated alkanes) is 2. The molecule has 0 saturated carbocycles. The minimum Gasteiger partial charge on any atom is -0.504 e. The highest BCUT2D eigenvalue weighted by Gasteiger charge is 2.13. The van der Waals surface area contributed by atoms with Crippen LogP contribution in [-0.2, 0) is 0 Å². The first-order valence-corrected chi connectivity index (χ1v) is 5.82. The van der Waals surface area contributed by atoms with Gasteiger partial charge in [-0.1, -0.05) is 38.3 Å². The first-order valence-electron chi connectivity index (χ1n) is 5.82. The molecule has 1 atom stereocenters. The second kappa shape index (κ2) is 6.38. The van der Waals surface area contributed by atoms with Gasteiger partial charge < -0.3 is 15.6 Å². The van der Waals surface area contributed by atoms with Crippen molar-refractivity contribution >= 4 is 0 Å². The van der Waals surface area contributed by atoms with Gasteiger partial charge in [-0.05, 0) is 12.5 Å². The number of benzene rings is 1. The minimum atomic E-state index is -0.110. The zero-order valence-electron chi connectivity index (χ0n) is 10.1. The van der Waals surface area contributed by atoms with Crippen LogP contribution in [0.4, 0.5) is 0 Å². The third kappa shape index (κ3) is 3.14. The number of nitrogens with two attached hydrogens (primary N) is 1. The van der Waals surface area contributed by atoms with Crippen molar-refractivity contribution in [2.45, 2.75) is 38.6 Å². The van der Waals surface area contributed by atoms with Crippen molar-refractivity contribution in [1.82, 2.24) is 0 Å². The van der Waals surface area contributed by atoms with Gasteiger partial charge >= 0.3 is 0 Å². The van der Waals surface area contributed by atoms with Crippen LogP contribution >= 0.6 is 0 Å². The first kappa shape index (κ1) is 12.8. The van der Waals surface area contributed by atoms with Crippen molar-refractivity contribution in [2.75, 3.05) is 7.11 Å². The van der Waals surface area contributed by atoms with Crippen LogP contribution in [0.3, 0.4) is 0 Å². The summed E-state index contributed by atoms with van der Waals surface area (Å²) in [4.78, 5) is 0. The van der Waals surface area contributed by atoms with Gasteiger partial charge in [-0.3, -0.25) is 0 Å². The van der Waals surface area contributed by atoms with Crippen LogP contribution < -0.4 is 10.5 Å². The van der Waals surface area contributed by atoms with E-state index in [9.17, 15) is 5.11 Å². The Morgan fingerprint density at radius 1 is 1.38 bits per heavy atom. The highest BCUT2D eigenvalue weighted by molar-refractivity contribution is 5.46. The summed E-state index contributed by atoms with van der Waals surface area (Å²) in [5.41, 5.74) is 6.82. The number of ether oxygens (including phenoxy) is 1. The van der Waals surface area contributed by atoms with Crippen molar-refractivity contribution in [1.29, 1.82) is 0 Å². The maximum absolute atomic E-state index is 9.91. The van der Waals surface area contributed by atoms with Gasteiger partial charge in [0, 0.05) is 11.6 Å². The smallest absolute Gasteiger partial charge is 0.162 e. The van der Waals surface area contributed by atoms with Crippen LogP contribution in [0.25, 0.3) is 0 Å². The number of para-hydroxylation sites is 1. The quantitative estimate of drug-likeness (QED) is 0.729. The van der Waals surface area contributed by atoms with E-state index in [-0.39, 0.29) is 11.8 Å². The highest BCUT2D eigenvalue weighted by Crippen LogP contribution is 2.34. The summed E-state index contributed by atoms with van der Waals surface area (Å²) < 4.78 is 5.06. The van der Waals surface area contributed by atoms with Crippen molar-refractivity contribution in [3.05, 3.63) is 23.8 Å². The summed E-state index contributed by atoms with van der Waals surface area (Å²) in [5, 5.41) is 9.91. The van der Waals surface area contributed by atoms with E-state index in [0.29, 0.717) is 5.75 Å². The second-order valence-corrected chi connectivity index (χ2v) is 4.00. The fourth-order valence-corrected chi connectivity index (χ4v) is 1.77. The fraction of sp³-hybridized carbons (Fsp3) is 0.538. The summed E-state index contributed by atoms with van der Waals surface area (Å²) in [6, 6.07) is 5.33. The van der Waals surface area contributed by atoms with Crippen molar-refractivity contribution in [3.63, 3.8) is 0 Å². The molecule has 0 bridgehead atoms. The summed E-state index contributed by atoms with van der Waals surface area (Å²) in [7, 11) is 1.54. The number of phenols is 1. The highest BCUT2D eigenvalue weighted by atomic mass is 16.5. The van der Waals surface area contributed by atoms with E-state index in [4.69, 9.17) is 10.5 Å². The van der Waals surface area contributed by atoms with E-state index < -0.39 is 0 Å². The molecule has 3 heteroatoms. The Morgan fingerprint density at radius 3 is 2.75 bits per heavy atom. The van der Waals surface area contributed by atoms with Crippen LogP contribution in [0.2, 0.25) is 0 Å². The lowest BCUT2D eigenvalue weighted by Gasteiger charge is -2.15. The average molecular weight is 223 g/mol. The van der Waals surface area contributed by atoms with Crippen LogP contribution in [0.15, 0.2) is 18.2 Å². The Morgan fingerprint density at radius 2 is 2.12 bits per heavy atom. The molecule has 0 amide bonds. The molecule has 0 aliphatic rings. The predicted molar refractivity (Wildman–Crippen MR) is 65.7 cm³/mol. The Hall–Kier alpha value is -1.22. The SMILES string of the molecule is CCCCC[C@@H](N)c1cccc(OC)c1O. The van der Waals surface area contributed by atoms with Gasteiger partial charge in [0.2, 0.25) is 0 Å². The average Bonchev–Trinajstić information content (AvgIpc) is 2.29. The molecular formula is C13H21NO2. The van der Waals surface area contributed by atoms with Gasteiger partial charge in [0.15, 0.2) is 11.5 Å². The third-order valence-corrected chi connectivity index (χ3v) is 2.77. The molecule has 0 spiro atoms. The van der Waals surface area contributed by atoms with Gasteiger partial charge in [-0.2, -0.15) is 0 Å². The van der Waals surface area contributed by atoms with Crippen molar-refractivity contribution < 1.29 is 9.84 Å². The van der Waals surface area contributed by atoms with E-state index in [0.717, 1.165) is 18.4 Å². The van der Waals surface area contributed by atoms with E-state index in [1.165, 1.54) is 12.8 Å². The molecular weight excluding hydrogens is 202 g/mol. The summed E-state index contributed by atoms with van der Waals surface area (Å²) in [5.74, 6) is 0.664. The third-order valence-electron chi connectivity index (χ3n) is 2.77. The number of hydrogen-bond donors (Lipinski definition) is 2. The van der Waals surface area contributed by atoms with E-state index in [1.54, 1.807) is 13.2 Å². The zero-order valence-corrected chi connectivity index (χ0v) is 10.1. The summed E-state index contributed by atoms with van der Waals surface area (Å²) >= 11 is 0. The summed E-state index contributed by atoms with van der Waals surface area (Å²) in [6.07, 6.45) is 4.35. The van der Waals surface area contributed by atoms with E-state index in [2.05, 4.69) is 6.92 Å². The van der Waals surface area contributed by atoms with Crippen molar-refractivity contribution in [3.8, 4) is 11.5 Å². The molecule has 1 aromatic carbocycles. The van der Waals surface area contributed by atoms with Crippen LogP contribution in [0.1, 0.15) is 44.2 Å². The van der Waals surface area contributed by atoms with Gasteiger partial charge in [0.1, 0.15) is 0 Å². The standard InChI is InChI=1S/C13H21NO2/c1-3-4-5-8-11(14)10-7-6-9-12(16-2)13(10)15/h6-7,9,11,15H,3-5,8,14H2,1-2H3/t11-/m1/s1. The molecule has 3 N–H and O–H groups in total. The van der Waals surface area contributed by atoms with Crippen molar-refractivity contribution in [2.24, 2.45) is 5.73 Å². The number of rotatable bonds is 6. The molecule has 0 aromatic heterocycles. The monoisotopic (exact) mass is 223 g/mol. The molecule has 0 saturated heterocycles. The lowest BCUT2D eigenvalue weighted by atomic mass is 10.00. The Bertz CT molecular complexity index is 326. The largest absolute Gasteiger partial charge is 0.504 e. The Kier molecular flexibility index (Phi) is 5.12. The van der Waals surface area contributed by atoms with Gasteiger partial charge in [0.05, 0.1) is 7.11 Å². The Balaban J connectivity index is 2.71. The van der Waals surface area contributed by atoms with E-state index >= 15 is 0 Å². The van der Waals surface area contributed by atoms with E-state index in [1.807, 2.05) is 12.1 Å². The lowest BCUT2D eigenvalue weighted by Crippen LogP contribution is -2.10. The van der Waals surface area contributed by atoms with Crippen LogP contribution in [0, 0.1) is 0 Å². The molecule has 1 rings (SSSR count). The molecule has 0 aliphatic carbocycles. The molecule has 0 heterocycles. The number of hydrogen-bond acceptors (Lipinski definition) is 3. The van der Waals surface area contributed by atoms with Gasteiger partial charge in [-0.25, -0.2) is 0 Å². The Labute approximate surface area is 97.2 Å². The maximum atomic E-state index is 9.91. The topological polar surface area (TPSA) is 55.5 Å². The summed E-state index contributed by atoms with van der Waals surface area (Å²) in [6.45, 7) is 2.16. The molecule has 3 nitrogen and oxygen atoms in total. The normalized spacial score (nSPS) is 12.4. The number of methoxy groups -OCH3 is 1. The molecule has 0 unspecified atom stereocenters. The van der Waals surface area contributed by atoms with Crippen LogP contribution in [-0.4, -0.2) is 12.2 Å².